The number of carbonyl (C=O) groups is 2. The van der Waals surface area contributed by atoms with Gasteiger partial charge in [0, 0.05) is 50.9 Å². The number of benzene rings is 2. The number of para-hydroxylation sites is 1. The SMILES string of the molecule is COc1ccccc1-c1cc(C2=CCCN(C(=O)CCn3ccnn3)C2)cc2c1OC[C@H](C(=O)N(C)C)C2. The number of methoxy groups -OCH3 is 1. The summed E-state index contributed by atoms with van der Waals surface area (Å²) >= 11 is 0. The number of hydrogen-bond donors (Lipinski definition) is 0. The first-order chi connectivity index (χ1) is 18.4. The van der Waals surface area contributed by atoms with Crippen molar-refractivity contribution in [2.24, 2.45) is 5.92 Å². The summed E-state index contributed by atoms with van der Waals surface area (Å²) in [6.45, 7) is 2.06. The Balaban J connectivity index is 1.47. The second-order valence-electron chi connectivity index (χ2n) is 9.91. The highest BCUT2D eigenvalue weighted by molar-refractivity contribution is 5.85. The molecule has 2 amide bonds. The fourth-order valence-corrected chi connectivity index (χ4v) is 5.18. The molecule has 9 heteroatoms. The summed E-state index contributed by atoms with van der Waals surface area (Å²) < 4.78 is 13.6. The number of aryl methyl sites for hydroxylation is 1. The van der Waals surface area contributed by atoms with E-state index in [1.54, 1.807) is 43.2 Å². The van der Waals surface area contributed by atoms with Crippen LogP contribution in [0.4, 0.5) is 0 Å². The average Bonchev–Trinajstić information content (AvgIpc) is 3.48. The Labute approximate surface area is 222 Å². The summed E-state index contributed by atoms with van der Waals surface area (Å²) in [5.41, 5.74) is 4.97. The number of ether oxygens (including phenoxy) is 2. The average molecular weight is 516 g/mol. The minimum absolute atomic E-state index is 0.0564. The normalized spacial score (nSPS) is 16.8. The van der Waals surface area contributed by atoms with Gasteiger partial charge in [-0.3, -0.25) is 14.3 Å². The van der Waals surface area contributed by atoms with Crippen LogP contribution in [0.2, 0.25) is 0 Å². The van der Waals surface area contributed by atoms with E-state index < -0.39 is 0 Å². The smallest absolute Gasteiger partial charge is 0.228 e. The molecule has 198 valence electrons. The molecule has 3 aromatic rings. The molecule has 38 heavy (non-hydrogen) atoms. The third kappa shape index (κ3) is 5.27. The van der Waals surface area contributed by atoms with Gasteiger partial charge in [0.05, 0.1) is 25.8 Å². The van der Waals surface area contributed by atoms with Crippen molar-refractivity contribution in [1.29, 1.82) is 0 Å². The molecule has 0 radical (unpaired) electrons. The van der Waals surface area contributed by atoms with Crippen molar-refractivity contribution < 1.29 is 19.1 Å². The van der Waals surface area contributed by atoms with Crippen molar-refractivity contribution in [3.8, 4) is 22.6 Å². The lowest BCUT2D eigenvalue weighted by molar-refractivity contribution is -0.134. The lowest BCUT2D eigenvalue weighted by Crippen LogP contribution is -2.37. The van der Waals surface area contributed by atoms with Crippen LogP contribution < -0.4 is 9.47 Å². The lowest BCUT2D eigenvalue weighted by atomic mass is 9.87. The highest BCUT2D eigenvalue weighted by atomic mass is 16.5. The number of nitrogens with zero attached hydrogens (tertiary/aromatic N) is 5. The van der Waals surface area contributed by atoms with Gasteiger partial charge in [-0.05, 0) is 47.7 Å². The molecular formula is C29H33N5O4. The second kappa shape index (κ2) is 11.1. The number of fused-ring (bicyclic) bond motifs is 1. The van der Waals surface area contributed by atoms with Crippen molar-refractivity contribution in [2.45, 2.75) is 25.8 Å². The molecule has 3 heterocycles. The predicted octanol–water partition coefficient (Wildman–Crippen LogP) is 3.30. The Morgan fingerprint density at radius 3 is 2.79 bits per heavy atom. The highest BCUT2D eigenvalue weighted by Gasteiger charge is 2.31. The minimum Gasteiger partial charge on any atom is -0.496 e. The van der Waals surface area contributed by atoms with Gasteiger partial charge in [-0.25, -0.2) is 0 Å². The van der Waals surface area contributed by atoms with Crippen molar-refractivity contribution in [3.05, 3.63) is 66.0 Å². The monoisotopic (exact) mass is 515 g/mol. The van der Waals surface area contributed by atoms with E-state index in [2.05, 4.69) is 28.5 Å². The third-order valence-corrected chi connectivity index (χ3v) is 7.15. The molecule has 0 N–H and O–H groups in total. The molecule has 0 saturated heterocycles. The zero-order valence-electron chi connectivity index (χ0n) is 22.1. The number of amides is 2. The molecule has 0 fully saturated rings. The zero-order valence-corrected chi connectivity index (χ0v) is 22.1. The Hall–Kier alpha value is -4.14. The fraction of sp³-hybridized carbons (Fsp3) is 0.379. The van der Waals surface area contributed by atoms with Gasteiger partial charge >= 0.3 is 0 Å². The van der Waals surface area contributed by atoms with Gasteiger partial charge in [-0.1, -0.05) is 29.5 Å². The molecular weight excluding hydrogens is 482 g/mol. The molecule has 2 aliphatic heterocycles. The molecule has 5 rings (SSSR count). The second-order valence-corrected chi connectivity index (χ2v) is 9.91. The summed E-state index contributed by atoms with van der Waals surface area (Å²) in [5.74, 6) is 1.45. The highest BCUT2D eigenvalue weighted by Crippen LogP contribution is 2.43. The Morgan fingerprint density at radius 2 is 2.03 bits per heavy atom. The van der Waals surface area contributed by atoms with Crippen LogP contribution in [-0.2, 0) is 22.6 Å². The molecule has 2 aromatic carbocycles. The van der Waals surface area contributed by atoms with Crippen LogP contribution in [0.1, 0.15) is 24.0 Å². The number of aromatic nitrogens is 3. The van der Waals surface area contributed by atoms with E-state index in [0.29, 0.717) is 39.1 Å². The molecule has 9 nitrogen and oxygen atoms in total. The topological polar surface area (TPSA) is 89.8 Å². The van der Waals surface area contributed by atoms with Crippen LogP contribution in [-0.4, -0.2) is 77.5 Å². The molecule has 0 aliphatic carbocycles. The van der Waals surface area contributed by atoms with Gasteiger partial charge in [-0.2, -0.15) is 0 Å². The molecule has 1 aromatic heterocycles. The number of carbonyl (C=O) groups excluding carboxylic acids is 2. The van der Waals surface area contributed by atoms with Crippen molar-refractivity contribution in [2.75, 3.05) is 40.9 Å². The van der Waals surface area contributed by atoms with Crippen molar-refractivity contribution >= 4 is 17.4 Å². The van der Waals surface area contributed by atoms with E-state index >= 15 is 0 Å². The van der Waals surface area contributed by atoms with Crippen LogP contribution in [0.25, 0.3) is 16.7 Å². The number of rotatable bonds is 7. The van der Waals surface area contributed by atoms with Crippen molar-refractivity contribution in [1.82, 2.24) is 24.8 Å². The van der Waals surface area contributed by atoms with Crippen molar-refractivity contribution in [3.63, 3.8) is 0 Å². The van der Waals surface area contributed by atoms with Crippen LogP contribution in [0.15, 0.2) is 54.9 Å². The molecule has 0 saturated carbocycles. The van der Waals surface area contributed by atoms with E-state index in [-0.39, 0.29) is 17.7 Å². The maximum Gasteiger partial charge on any atom is 0.228 e. The van der Waals surface area contributed by atoms with Crippen LogP contribution >= 0.6 is 0 Å². The summed E-state index contributed by atoms with van der Waals surface area (Å²) in [5, 5.41) is 7.76. The Kier molecular flexibility index (Phi) is 7.44. The summed E-state index contributed by atoms with van der Waals surface area (Å²) in [4.78, 5) is 29.3. The van der Waals surface area contributed by atoms with E-state index in [1.165, 1.54) is 0 Å². The number of hydrogen-bond acceptors (Lipinski definition) is 6. The largest absolute Gasteiger partial charge is 0.496 e. The van der Waals surface area contributed by atoms with E-state index in [0.717, 1.165) is 45.7 Å². The van der Waals surface area contributed by atoms with Gasteiger partial charge in [0.15, 0.2) is 0 Å². The molecule has 1 atom stereocenters. The lowest BCUT2D eigenvalue weighted by Gasteiger charge is -2.31. The van der Waals surface area contributed by atoms with E-state index in [4.69, 9.17) is 9.47 Å². The zero-order chi connectivity index (χ0) is 26.6. The first-order valence-electron chi connectivity index (χ1n) is 12.9. The summed E-state index contributed by atoms with van der Waals surface area (Å²) in [6.07, 6.45) is 7.33. The maximum atomic E-state index is 13.0. The first-order valence-corrected chi connectivity index (χ1v) is 12.9. The molecule has 0 bridgehead atoms. The third-order valence-electron chi connectivity index (χ3n) is 7.15. The Bertz CT molecular complexity index is 1350. The maximum absolute atomic E-state index is 13.0. The quantitative estimate of drug-likeness (QED) is 0.480. The minimum atomic E-state index is -0.242. The van der Waals surface area contributed by atoms with Crippen LogP contribution in [0, 0.1) is 5.92 Å². The van der Waals surface area contributed by atoms with Gasteiger partial charge in [0.2, 0.25) is 11.8 Å². The van der Waals surface area contributed by atoms with Gasteiger partial charge < -0.3 is 19.3 Å². The van der Waals surface area contributed by atoms with E-state index in [1.807, 2.05) is 29.2 Å². The molecule has 0 unspecified atom stereocenters. The Morgan fingerprint density at radius 1 is 1.18 bits per heavy atom. The van der Waals surface area contributed by atoms with Gasteiger partial charge in [0.25, 0.3) is 0 Å². The van der Waals surface area contributed by atoms with Crippen LogP contribution in [0.3, 0.4) is 0 Å². The van der Waals surface area contributed by atoms with Crippen LogP contribution in [0.5, 0.6) is 11.5 Å². The fourth-order valence-electron chi connectivity index (χ4n) is 5.18. The van der Waals surface area contributed by atoms with Gasteiger partial charge in [0.1, 0.15) is 18.1 Å². The predicted molar refractivity (Wildman–Crippen MR) is 144 cm³/mol. The molecule has 0 spiro atoms. The van der Waals surface area contributed by atoms with E-state index in [9.17, 15) is 9.59 Å². The summed E-state index contributed by atoms with van der Waals surface area (Å²) in [6, 6.07) is 12.1. The first kappa shape index (κ1) is 25.5. The summed E-state index contributed by atoms with van der Waals surface area (Å²) in [7, 11) is 5.21. The molecule has 2 aliphatic rings. The van der Waals surface area contributed by atoms with Gasteiger partial charge in [-0.15, -0.1) is 5.10 Å². The standard InChI is InChI=1S/C29H33N5O4/c1-32(2)29(36)23-16-22-15-21(17-25(28(22)38-19-23)24-8-4-5-9-26(24)37-3)20-7-6-12-33(18-20)27(35)10-13-34-14-11-30-31-34/h4-5,7-9,11,14-15,17,23H,6,10,12-13,16,18-19H2,1-3H3/t23-/m1/s1.